The number of carbonyl (C=O) groups excluding carboxylic acids is 1. The smallest absolute Gasteiger partial charge is 0.265 e. The van der Waals surface area contributed by atoms with Gasteiger partial charge in [0.15, 0.2) is 0 Å². The number of halogens is 1. The number of aromatic nitrogens is 2. The Kier molecular flexibility index (Phi) is 4.74. The van der Waals surface area contributed by atoms with Crippen LogP contribution in [0.4, 0.5) is 4.39 Å². The van der Waals surface area contributed by atoms with Gasteiger partial charge in [-0.1, -0.05) is 23.8 Å². The molecule has 1 aliphatic rings. The standard InChI is InChI=1S/C27H22FN3O2/c1-14-11-21-20(26(29)32)9-8-19(25(21)15(14)2)18-5-4-6-24(16(18)3)31-13-30-23-10-7-17(28)12-22(23)27(31)33/h4-10,12-13H,11H2,1-3H3,(H2,29,32). The second kappa shape index (κ2) is 7.52. The molecule has 3 aromatic carbocycles. The summed E-state index contributed by atoms with van der Waals surface area (Å²) in [5.74, 6) is -0.917. The molecule has 33 heavy (non-hydrogen) atoms. The molecule has 0 saturated heterocycles. The molecule has 0 spiro atoms. The van der Waals surface area contributed by atoms with Gasteiger partial charge in [0.1, 0.15) is 12.1 Å². The maximum atomic E-state index is 13.8. The summed E-state index contributed by atoms with van der Waals surface area (Å²) in [5.41, 5.74) is 14.1. The van der Waals surface area contributed by atoms with E-state index < -0.39 is 11.7 Å². The fourth-order valence-corrected chi connectivity index (χ4v) is 4.77. The van der Waals surface area contributed by atoms with Crippen LogP contribution < -0.4 is 11.3 Å². The Bertz CT molecular complexity index is 1580. The van der Waals surface area contributed by atoms with E-state index in [-0.39, 0.29) is 10.9 Å². The van der Waals surface area contributed by atoms with Crippen molar-refractivity contribution < 1.29 is 9.18 Å². The summed E-state index contributed by atoms with van der Waals surface area (Å²) in [6.45, 7) is 6.07. The average molecular weight is 439 g/mol. The third kappa shape index (κ3) is 3.18. The van der Waals surface area contributed by atoms with Crippen LogP contribution in [0.25, 0.3) is 33.3 Å². The Morgan fingerprint density at radius 3 is 2.61 bits per heavy atom. The summed E-state index contributed by atoms with van der Waals surface area (Å²) in [5, 5.41) is 0.225. The van der Waals surface area contributed by atoms with Gasteiger partial charge in [0.25, 0.3) is 5.56 Å². The molecule has 1 heterocycles. The van der Waals surface area contributed by atoms with Crippen molar-refractivity contribution in [2.75, 3.05) is 0 Å². The lowest BCUT2D eigenvalue weighted by atomic mass is 9.88. The Morgan fingerprint density at radius 2 is 1.85 bits per heavy atom. The zero-order chi connectivity index (χ0) is 23.4. The number of hydrogen-bond donors (Lipinski definition) is 1. The number of rotatable bonds is 3. The van der Waals surface area contributed by atoms with Crippen molar-refractivity contribution in [3.8, 4) is 16.8 Å². The van der Waals surface area contributed by atoms with Gasteiger partial charge in [0, 0.05) is 5.56 Å². The molecule has 5 nitrogen and oxygen atoms in total. The lowest BCUT2D eigenvalue weighted by Gasteiger charge is -2.18. The summed E-state index contributed by atoms with van der Waals surface area (Å²) in [7, 11) is 0. The van der Waals surface area contributed by atoms with Crippen molar-refractivity contribution in [2.24, 2.45) is 5.73 Å². The number of nitrogens with zero attached hydrogens (tertiary/aromatic N) is 2. The van der Waals surface area contributed by atoms with Gasteiger partial charge < -0.3 is 5.73 Å². The molecule has 0 radical (unpaired) electrons. The highest BCUT2D eigenvalue weighted by molar-refractivity contribution is 6.00. The normalized spacial score (nSPS) is 13.0. The molecule has 2 N–H and O–H groups in total. The van der Waals surface area contributed by atoms with Crippen LogP contribution >= 0.6 is 0 Å². The molecular formula is C27H22FN3O2. The topological polar surface area (TPSA) is 78.0 Å². The average Bonchev–Trinajstić information content (AvgIpc) is 3.09. The molecule has 1 aliphatic carbocycles. The lowest BCUT2D eigenvalue weighted by molar-refractivity contribution is 0.0999. The third-order valence-electron chi connectivity index (χ3n) is 6.61. The number of allylic oxidation sites excluding steroid dienone is 2. The van der Waals surface area contributed by atoms with Gasteiger partial charge in [-0.15, -0.1) is 0 Å². The van der Waals surface area contributed by atoms with E-state index in [1.807, 2.05) is 31.2 Å². The zero-order valence-corrected chi connectivity index (χ0v) is 18.6. The predicted molar refractivity (Wildman–Crippen MR) is 128 cm³/mol. The van der Waals surface area contributed by atoms with Crippen LogP contribution in [-0.2, 0) is 6.42 Å². The minimum atomic E-state index is -0.479. The van der Waals surface area contributed by atoms with E-state index in [0.29, 0.717) is 23.2 Å². The lowest BCUT2D eigenvalue weighted by Crippen LogP contribution is -2.20. The van der Waals surface area contributed by atoms with Crippen molar-refractivity contribution in [3.05, 3.63) is 98.9 Å². The van der Waals surface area contributed by atoms with Crippen molar-refractivity contribution >= 4 is 22.4 Å². The van der Waals surface area contributed by atoms with Gasteiger partial charge in [0.2, 0.25) is 5.91 Å². The molecule has 0 atom stereocenters. The van der Waals surface area contributed by atoms with Gasteiger partial charge in [-0.3, -0.25) is 14.2 Å². The molecular weight excluding hydrogens is 417 g/mol. The number of primary amides is 1. The van der Waals surface area contributed by atoms with Gasteiger partial charge in [-0.25, -0.2) is 9.37 Å². The van der Waals surface area contributed by atoms with Gasteiger partial charge in [0.05, 0.1) is 16.6 Å². The first kappa shape index (κ1) is 20.8. The highest BCUT2D eigenvalue weighted by Gasteiger charge is 2.25. The number of benzene rings is 3. The van der Waals surface area contributed by atoms with E-state index >= 15 is 0 Å². The first-order valence-electron chi connectivity index (χ1n) is 10.7. The van der Waals surface area contributed by atoms with Crippen molar-refractivity contribution in [1.29, 1.82) is 0 Å². The van der Waals surface area contributed by atoms with Crippen LogP contribution in [0, 0.1) is 12.7 Å². The number of hydrogen-bond acceptors (Lipinski definition) is 3. The van der Waals surface area contributed by atoms with E-state index in [1.165, 1.54) is 34.7 Å². The van der Waals surface area contributed by atoms with Crippen LogP contribution in [0.5, 0.6) is 0 Å². The van der Waals surface area contributed by atoms with Gasteiger partial charge in [-0.05, 0) is 90.9 Å². The molecule has 0 bridgehead atoms. The van der Waals surface area contributed by atoms with E-state index in [9.17, 15) is 14.0 Å². The number of fused-ring (bicyclic) bond motifs is 2. The fraction of sp³-hybridized carbons (Fsp3) is 0.148. The van der Waals surface area contributed by atoms with E-state index in [0.717, 1.165) is 33.4 Å². The molecule has 164 valence electrons. The molecule has 4 aromatic rings. The second-order valence-electron chi connectivity index (χ2n) is 8.49. The quantitative estimate of drug-likeness (QED) is 0.491. The van der Waals surface area contributed by atoms with E-state index in [4.69, 9.17) is 5.73 Å². The SMILES string of the molecule is CC1=C(C)c2c(-c3cccc(-n4cnc5ccc(F)cc5c4=O)c3C)ccc(C(N)=O)c2C1. The fourth-order valence-electron chi connectivity index (χ4n) is 4.77. The second-order valence-corrected chi connectivity index (χ2v) is 8.49. The van der Waals surface area contributed by atoms with Gasteiger partial charge in [-0.2, -0.15) is 0 Å². The Hall–Kier alpha value is -4.06. The zero-order valence-electron chi connectivity index (χ0n) is 18.6. The number of amides is 1. The molecule has 0 fully saturated rings. The first-order valence-corrected chi connectivity index (χ1v) is 10.7. The number of carbonyl (C=O) groups is 1. The molecule has 1 amide bonds. The third-order valence-corrected chi connectivity index (χ3v) is 6.61. The summed E-state index contributed by atoms with van der Waals surface area (Å²) >= 11 is 0. The summed E-state index contributed by atoms with van der Waals surface area (Å²) in [6.07, 6.45) is 2.16. The molecule has 6 heteroatoms. The van der Waals surface area contributed by atoms with Crippen molar-refractivity contribution in [2.45, 2.75) is 27.2 Å². The minimum Gasteiger partial charge on any atom is -0.366 e. The van der Waals surface area contributed by atoms with Crippen LogP contribution in [0.2, 0.25) is 0 Å². The van der Waals surface area contributed by atoms with E-state index in [2.05, 4.69) is 18.8 Å². The van der Waals surface area contributed by atoms with Crippen LogP contribution in [-0.4, -0.2) is 15.5 Å². The Balaban J connectivity index is 1.75. The highest BCUT2D eigenvalue weighted by Crippen LogP contribution is 2.42. The van der Waals surface area contributed by atoms with Gasteiger partial charge >= 0.3 is 0 Å². The molecule has 0 aliphatic heterocycles. The summed E-state index contributed by atoms with van der Waals surface area (Å²) < 4.78 is 15.2. The first-order chi connectivity index (χ1) is 15.8. The van der Waals surface area contributed by atoms with Crippen LogP contribution in [0.3, 0.4) is 0 Å². The molecule has 0 saturated carbocycles. The number of nitrogens with two attached hydrogens (primary N) is 1. The summed E-state index contributed by atoms with van der Waals surface area (Å²) in [6, 6.07) is 13.4. The highest BCUT2D eigenvalue weighted by atomic mass is 19.1. The van der Waals surface area contributed by atoms with Crippen LogP contribution in [0.15, 0.2) is 65.2 Å². The predicted octanol–water partition coefficient (Wildman–Crippen LogP) is 4.95. The Labute approximate surface area is 190 Å². The van der Waals surface area contributed by atoms with Crippen molar-refractivity contribution in [1.82, 2.24) is 9.55 Å². The maximum Gasteiger partial charge on any atom is 0.265 e. The molecule has 1 aromatic heterocycles. The Morgan fingerprint density at radius 1 is 1.06 bits per heavy atom. The summed E-state index contributed by atoms with van der Waals surface area (Å²) in [4.78, 5) is 29.6. The molecule has 0 unspecified atom stereocenters. The van der Waals surface area contributed by atoms with Crippen LogP contribution in [0.1, 0.15) is 40.9 Å². The van der Waals surface area contributed by atoms with Crippen molar-refractivity contribution in [3.63, 3.8) is 0 Å². The van der Waals surface area contributed by atoms with E-state index in [1.54, 1.807) is 6.07 Å². The maximum absolute atomic E-state index is 13.8. The largest absolute Gasteiger partial charge is 0.366 e. The minimum absolute atomic E-state index is 0.225. The molecule has 5 rings (SSSR count). The monoisotopic (exact) mass is 439 g/mol.